The molecule has 0 amide bonds. The van der Waals surface area contributed by atoms with Crippen LogP contribution in [0.3, 0.4) is 0 Å². The molecule has 150 valence electrons. The molecule has 1 unspecified atom stereocenters. The Labute approximate surface area is 173 Å². The minimum atomic E-state index is -2.97. The van der Waals surface area contributed by atoms with Crippen LogP contribution in [-0.2, 0) is 14.6 Å². The van der Waals surface area contributed by atoms with Crippen molar-refractivity contribution in [2.75, 3.05) is 45.4 Å². The van der Waals surface area contributed by atoms with Gasteiger partial charge in [0.1, 0.15) is 21.7 Å². The first-order valence-corrected chi connectivity index (χ1v) is 10.3. The van der Waals surface area contributed by atoms with E-state index in [-0.39, 0.29) is 42.4 Å². The van der Waals surface area contributed by atoms with Gasteiger partial charge in [-0.2, -0.15) is 0 Å². The van der Waals surface area contributed by atoms with E-state index in [1.807, 2.05) is 38.1 Å². The molecule has 1 aromatic carbocycles. The van der Waals surface area contributed by atoms with Crippen LogP contribution in [-0.4, -0.2) is 65.8 Å². The molecule has 0 saturated carbocycles. The molecule has 0 aliphatic heterocycles. The van der Waals surface area contributed by atoms with Crippen molar-refractivity contribution in [3.8, 4) is 5.75 Å². The molecule has 0 radical (unpaired) electrons. The van der Waals surface area contributed by atoms with Crippen molar-refractivity contribution in [3.63, 3.8) is 0 Å². The number of hydrogen-bond donors (Lipinski definition) is 2. The Hall–Kier alpha value is -1.07. The molecule has 0 aromatic heterocycles. The molecule has 0 saturated heterocycles. The topological polar surface area (TPSA) is 89.0 Å². The molecule has 0 fully saturated rings. The zero-order chi connectivity index (χ0) is 18.7. The Kier molecular flexibility index (Phi) is 12.6. The Morgan fingerprint density at radius 2 is 2.00 bits per heavy atom. The Bertz CT molecular complexity index is 653. The third kappa shape index (κ3) is 12.3. The van der Waals surface area contributed by atoms with Gasteiger partial charge < -0.3 is 20.1 Å². The van der Waals surface area contributed by atoms with E-state index in [2.05, 4.69) is 15.6 Å². The van der Waals surface area contributed by atoms with Gasteiger partial charge >= 0.3 is 0 Å². The molecule has 9 heteroatoms. The molecule has 0 bridgehead atoms. The number of benzene rings is 1. The van der Waals surface area contributed by atoms with E-state index in [1.165, 1.54) is 6.26 Å². The number of aryl methyl sites for hydroxylation is 1. The first-order chi connectivity index (χ1) is 11.8. The molecule has 1 atom stereocenters. The molecular weight excluding hydrogens is 469 g/mol. The Balaban J connectivity index is 0.00000625. The quantitative estimate of drug-likeness (QED) is 0.220. The standard InChI is InChI=1S/C17H29N3O4S.HI/c1-14-6-5-7-16(12-14)24-15(2)13-20-17(18-3)19-8-9-23-10-11-25(4,21)22;/h5-7,12,15H,8-11,13H2,1-4H3,(H2,18,19,20);1H. The number of aliphatic imine (C=N–C) groups is 1. The van der Waals surface area contributed by atoms with Gasteiger partial charge in [0.15, 0.2) is 5.96 Å². The lowest BCUT2D eigenvalue weighted by molar-refractivity contribution is 0.154. The molecule has 0 heterocycles. The van der Waals surface area contributed by atoms with E-state index in [9.17, 15) is 8.42 Å². The fourth-order valence-corrected chi connectivity index (χ4v) is 2.40. The number of hydrogen-bond acceptors (Lipinski definition) is 5. The van der Waals surface area contributed by atoms with Gasteiger partial charge in [-0.1, -0.05) is 12.1 Å². The van der Waals surface area contributed by atoms with E-state index in [0.29, 0.717) is 25.7 Å². The fraction of sp³-hybridized carbons (Fsp3) is 0.588. The summed E-state index contributed by atoms with van der Waals surface area (Å²) in [5, 5.41) is 6.29. The van der Waals surface area contributed by atoms with Crippen molar-refractivity contribution in [1.29, 1.82) is 0 Å². The lowest BCUT2D eigenvalue weighted by Gasteiger charge is -2.18. The number of rotatable bonds is 10. The highest BCUT2D eigenvalue weighted by atomic mass is 127. The van der Waals surface area contributed by atoms with Crippen LogP contribution in [0.2, 0.25) is 0 Å². The van der Waals surface area contributed by atoms with Crippen LogP contribution >= 0.6 is 24.0 Å². The summed E-state index contributed by atoms with van der Waals surface area (Å²) >= 11 is 0. The average molecular weight is 499 g/mol. The average Bonchev–Trinajstić information content (AvgIpc) is 2.52. The second kappa shape index (κ2) is 13.2. The summed E-state index contributed by atoms with van der Waals surface area (Å²) in [6.45, 7) is 5.76. The number of sulfone groups is 1. The monoisotopic (exact) mass is 499 g/mol. The molecule has 2 N–H and O–H groups in total. The second-order valence-corrected chi connectivity index (χ2v) is 8.13. The van der Waals surface area contributed by atoms with Gasteiger partial charge in [0.25, 0.3) is 0 Å². The second-order valence-electron chi connectivity index (χ2n) is 5.87. The van der Waals surface area contributed by atoms with E-state index in [4.69, 9.17) is 9.47 Å². The maximum absolute atomic E-state index is 11.0. The minimum Gasteiger partial charge on any atom is -0.489 e. The smallest absolute Gasteiger partial charge is 0.191 e. The third-order valence-electron chi connectivity index (χ3n) is 3.24. The molecular formula is C17H30IN3O4S. The fourth-order valence-electron chi connectivity index (χ4n) is 1.98. The summed E-state index contributed by atoms with van der Waals surface area (Å²) in [6, 6.07) is 7.93. The maximum atomic E-state index is 11.0. The SMILES string of the molecule is CN=C(NCCOCCS(C)(=O)=O)NCC(C)Oc1cccc(C)c1.I. The van der Waals surface area contributed by atoms with Gasteiger partial charge in [0.2, 0.25) is 0 Å². The van der Waals surface area contributed by atoms with Crippen molar-refractivity contribution < 1.29 is 17.9 Å². The maximum Gasteiger partial charge on any atom is 0.191 e. The minimum absolute atomic E-state index is 0. The van der Waals surface area contributed by atoms with Gasteiger partial charge in [-0.05, 0) is 31.5 Å². The molecule has 1 rings (SSSR count). The van der Waals surface area contributed by atoms with Gasteiger partial charge in [-0.3, -0.25) is 4.99 Å². The van der Waals surface area contributed by atoms with Crippen LogP contribution < -0.4 is 15.4 Å². The number of nitrogens with zero attached hydrogens (tertiary/aromatic N) is 1. The number of ether oxygens (including phenoxy) is 2. The molecule has 7 nitrogen and oxygen atoms in total. The van der Waals surface area contributed by atoms with Crippen LogP contribution in [0.5, 0.6) is 5.75 Å². The highest BCUT2D eigenvalue weighted by Gasteiger charge is 2.06. The summed E-state index contributed by atoms with van der Waals surface area (Å²) < 4.78 is 33.1. The summed E-state index contributed by atoms with van der Waals surface area (Å²) in [7, 11) is -1.29. The summed E-state index contributed by atoms with van der Waals surface area (Å²) in [4.78, 5) is 4.13. The van der Waals surface area contributed by atoms with Gasteiger partial charge in [-0.25, -0.2) is 8.42 Å². The largest absolute Gasteiger partial charge is 0.489 e. The van der Waals surface area contributed by atoms with Crippen molar-refractivity contribution in [1.82, 2.24) is 10.6 Å². The molecule has 1 aromatic rings. The zero-order valence-electron chi connectivity index (χ0n) is 15.8. The number of halogens is 1. The third-order valence-corrected chi connectivity index (χ3v) is 4.15. The molecule has 0 aliphatic carbocycles. The lowest BCUT2D eigenvalue weighted by Crippen LogP contribution is -2.42. The van der Waals surface area contributed by atoms with Crippen molar-refractivity contribution in [3.05, 3.63) is 29.8 Å². The predicted molar refractivity (Wildman–Crippen MR) is 117 cm³/mol. The van der Waals surface area contributed by atoms with Crippen molar-refractivity contribution in [2.24, 2.45) is 4.99 Å². The predicted octanol–water partition coefficient (Wildman–Crippen LogP) is 1.61. The Morgan fingerprint density at radius 3 is 2.62 bits per heavy atom. The van der Waals surface area contributed by atoms with E-state index in [0.717, 1.165) is 11.3 Å². The summed E-state index contributed by atoms with van der Waals surface area (Å²) in [5.41, 5.74) is 1.16. The van der Waals surface area contributed by atoms with Crippen molar-refractivity contribution >= 4 is 39.8 Å². The molecule has 0 spiro atoms. The van der Waals surface area contributed by atoms with Gasteiger partial charge in [0, 0.05) is 19.8 Å². The zero-order valence-corrected chi connectivity index (χ0v) is 19.0. The normalized spacial score (nSPS) is 12.8. The van der Waals surface area contributed by atoms with Crippen LogP contribution in [0.1, 0.15) is 12.5 Å². The van der Waals surface area contributed by atoms with Crippen LogP contribution in [0, 0.1) is 6.92 Å². The summed E-state index contributed by atoms with van der Waals surface area (Å²) in [6.07, 6.45) is 1.17. The van der Waals surface area contributed by atoms with E-state index in [1.54, 1.807) is 7.05 Å². The molecule has 26 heavy (non-hydrogen) atoms. The highest BCUT2D eigenvalue weighted by molar-refractivity contribution is 14.0. The molecule has 0 aliphatic rings. The van der Waals surface area contributed by atoms with Crippen LogP contribution in [0.15, 0.2) is 29.3 Å². The van der Waals surface area contributed by atoms with Crippen LogP contribution in [0.25, 0.3) is 0 Å². The van der Waals surface area contributed by atoms with E-state index < -0.39 is 9.84 Å². The Morgan fingerprint density at radius 1 is 1.27 bits per heavy atom. The lowest BCUT2D eigenvalue weighted by atomic mass is 10.2. The first kappa shape index (κ1) is 24.9. The van der Waals surface area contributed by atoms with Gasteiger partial charge in [0.05, 0.1) is 25.5 Å². The summed E-state index contributed by atoms with van der Waals surface area (Å²) in [5.74, 6) is 1.52. The number of nitrogens with one attached hydrogen (secondary N) is 2. The van der Waals surface area contributed by atoms with E-state index >= 15 is 0 Å². The van der Waals surface area contributed by atoms with Crippen molar-refractivity contribution in [2.45, 2.75) is 20.0 Å². The van der Waals surface area contributed by atoms with Gasteiger partial charge in [-0.15, -0.1) is 24.0 Å². The van der Waals surface area contributed by atoms with Crippen LogP contribution in [0.4, 0.5) is 0 Å². The number of guanidine groups is 1. The highest BCUT2D eigenvalue weighted by Crippen LogP contribution is 2.13. The first-order valence-electron chi connectivity index (χ1n) is 8.23.